The highest BCUT2D eigenvalue weighted by Gasteiger charge is 2.20. The zero-order valence-corrected chi connectivity index (χ0v) is 11.2. The molecular weight excluding hydrogens is 227 g/mol. The van der Waals surface area contributed by atoms with Crippen LogP contribution in [0.25, 0.3) is 0 Å². The Bertz CT molecular complexity index is 344. The van der Waals surface area contributed by atoms with E-state index in [2.05, 4.69) is 17.1 Å². The number of nitrogens with one attached hydrogen (secondary N) is 1. The maximum Gasteiger partial charge on any atom is 0.123 e. The maximum absolute atomic E-state index is 12.9. The van der Waals surface area contributed by atoms with Gasteiger partial charge >= 0.3 is 0 Å². The Morgan fingerprint density at radius 1 is 1.22 bits per heavy atom. The summed E-state index contributed by atoms with van der Waals surface area (Å²) in [5.74, 6) is -0.150. The van der Waals surface area contributed by atoms with Crippen LogP contribution in [0.3, 0.4) is 0 Å². The summed E-state index contributed by atoms with van der Waals surface area (Å²) in [6.45, 7) is 6.53. The topological polar surface area (TPSA) is 15.3 Å². The Morgan fingerprint density at radius 3 is 2.50 bits per heavy atom. The fraction of sp³-hybridized carbons (Fsp3) is 0.600. The molecule has 0 bridgehead atoms. The summed E-state index contributed by atoms with van der Waals surface area (Å²) < 4.78 is 12.9. The van der Waals surface area contributed by atoms with Gasteiger partial charge in [0.25, 0.3) is 0 Å². The molecule has 0 aliphatic carbocycles. The lowest BCUT2D eigenvalue weighted by atomic mass is 10.0. The van der Waals surface area contributed by atoms with Crippen molar-refractivity contribution < 1.29 is 4.39 Å². The highest BCUT2D eigenvalue weighted by molar-refractivity contribution is 5.16. The van der Waals surface area contributed by atoms with Crippen LogP contribution in [0.4, 0.5) is 4.39 Å². The lowest BCUT2D eigenvalue weighted by Gasteiger charge is -2.34. The van der Waals surface area contributed by atoms with E-state index in [9.17, 15) is 4.39 Å². The van der Waals surface area contributed by atoms with Gasteiger partial charge in [0.15, 0.2) is 0 Å². The summed E-state index contributed by atoms with van der Waals surface area (Å²) in [6, 6.07) is 7.60. The van der Waals surface area contributed by atoms with Crippen LogP contribution in [-0.4, -0.2) is 30.6 Å². The van der Waals surface area contributed by atoms with Gasteiger partial charge < -0.3 is 5.32 Å². The summed E-state index contributed by atoms with van der Waals surface area (Å²) >= 11 is 0. The SMILES string of the molecule is CCCN(Cc1ccc(F)cc1)C1CCNCC1. The van der Waals surface area contributed by atoms with Crippen LogP contribution in [0.5, 0.6) is 0 Å². The molecule has 2 rings (SSSR count). The van der Waals surface area contributed by atoms with Gasteiger partial charge in [-0.3, -0.25) is 4.90 Å². The molecule has 3 heteroatoms. The van der Waals surface area contributed by atoms with Gasteiger partial charge in [-0.05, 0) is 56.6 Å². The first kappa shape index (κ1) is 13.5. The van der Waals surface area contributed by atoms with Crippen LogP contribution in [0.2, 0.25) is 0 Å². The molecule has 1 aliphatic heterocycles. The van der Waals surface area contributed by atoms with E-state index in [4.69, 9.17) is 0 Å². The molecule has 2 nitrogen and oxygen atoms in total. The Labute approximate surface area is 109 Å². The van der Waals surface area contributed by atoms with Gasteiger partial charge in [-0.1, -0.05) is 19.1 Å². The van der Waals surface area contributed by atoms with Crippen molar-refractivity contribution in [2.24, 2.45) is 0 Å². The molecule has 0 saturated carbocycles. The van der Waals surface area contributed by atoms with Gasteiger partial charge in [-0.15, -0.1) is 0 Å². The minimum Gasteiger partial charge on any atom is -0.317 e. The first-order chi connectivity index (χ1) is 8.79. The molecule has 1 aliphatic rings. The molecule has 0 spiro atoms. The number of hydrogen-bond acceptors (Lipinski definition) is 2. The molecule has 0 radical (unpaired) electrons. The van der Waals surface area contributed by atoms with E-state index >= 15 is 0 Å². The summed E-state index contributed by atoms with van der Waals surface area (Å²) in [6.07, 6.45) is 3.62. The number of piperidine rings is 1. The number of benzene rings is 1. The Morgan fingerprint density at radius 2 is 1.89 bits per heavy atom. The van der Waals surface area contributed by atoms with Gasteiger partial charge in [-0.2, -0.15) is 0 Å². The van der Waals surface area contributed by atoms with Crippen molar-refractivity contribution in [3.05, 3.63) is 35.6 Å². The molecule has 1 heterocycles. The molecular formula is C15H23FN2. The van der Waals surface area contributed by atoms with Crippen LogP contribution < -0.4 is 5.32 Å². The van der Waals surface area contributed by atoms with Gasteiger partial charge in [0, 0.05) is 12.6 Å². The van der Waals surface area contributed by atoms with Crippen molar-refractivity contribution >= 4 is 0 Å². The highest BCUT2D eigenvalue weighted by Crippen LogP contribution is 2.16. The Hall–Kier alpha value is -0.930. The first-order valence-corrected chi connectivity index (χ1v) is 6.99. The van der Waals surface area contributed by atoms with Crippen molar-refractivity contribution in [1.29, 1.82) is 0 Å². The van der Waals surface area contributed by atoms with Crippen LogP contribution >= 0.6 is 0 Å². The number of halogens is 1. The molecule has 18 heavy (non-hydrogen) atoms. The molecule has 0 amide bonds. The molecule has 100 valence electrons. The van der Waals surface area contributed by atoms with E-state index < -0.39 is 0 Å². The Balaban J connectivity index is 1.98. The zero-order chi connectivity index (χ0) is 12.8. The van der Waals surface area contributed by atoms with Crippen molar-refractivity contribution in [2.75, 3.05) is 19.6 Å². The third-order valence-corrected chi connectivity index (χ3v) is 3.63. The zero-order valence-electron chi connectivity index (χ0n) is 11.2. The van der Waals surface area contributed by atoms with Crippen LogP contribution in [0.15, 0.2) is 24.3 Å². The molecule has 1 aromatic rings. The average molecular weight is 250 g/mol. The minimum atomic E-state index is -0.150. The number of rotatable bonds is 5. The van der Waals surface area contributed by atoms with Crippen LogP contribution in [0.1, 0.15) is 31.7 Å². The monoisotopic (exact) mass is 250 g/mol. The first-order valence-electron chi connectivity index (χ1n) is 6.99. The maximum atomic E-state index is 12.9. The highest BCUT2D eigenvalue weighted by atomic mass is 19.1. The molecule has 0 unspecified atom stereocenters. The minimum absolute atomic E-state index is 0.150. The predicted molar refractivity (Wildman–Crippen MR) is 73.0 cm³/mol. The normalized spacial score (nSPS) is 17.3. The van der Waals surface area contributed by atoms with Crippen molar-refractivity contribution in [3.8, 4) is 0 Å². The second-order valence-electron chi connectivity index (χ2n) is 5.08. The molecule has 1 saturated heterocycles. The quantitative estimate of drug-likeness (QED) is 0.864. The summed E-state index contributed by atoms with van der Waals surface area (Å²) in [4.78, 5) is 2.55. The van der Waals surface area contributed by atoms with E-state index in [1.807, 2.05) is 12.1 Å². The van der Waals surface area contributed by atoms with E-state index in [0.717, 1.165) is 26.2 Å². The number of nitrogens with zero attached hydrogens (tertiary/aromatic N) is 1. The number of hydrogen-bond donors (Lipinski definition) is 1. The van der Waals surface area contributed by atoms with E-state index in [1.54, 1.807) is 12.1 Å². The van der Waals surface area contributed by atoms with Gasteiger partial charge in [0.05, 0.1) is 0 Å². The van der Waals surface area contributed by atoms with E-state index in [-0.39, 0.29) is 5.82 Å². The molecule has 1 N–H and O–H groups in total. The largest absolute Gasteiger partial charge is 0.317 e. The van der Waals surface area contributed by atoms with Crippen molar-refractivity contribution in [1.82, 2.24) is 10.2 Å². The summed E-state index contributed by atoms with van der Waals surface area (Å²) in [7, 11) is 0. The van der Waals surface area contributed by atoms with E-state index in [1.165, 1.54) is 24.8 Å². The van der Waals surface area contributed by atoms with Gasteiger partial charge in [0.1, 0.15) is 5.82 Å². The van der Waals surface area contributed by atoms with Crippen LogP contribution in [-0.2, 0) is 6.54 Å². The molecule has 0 atom stereocenters. The molecule has 1 aromatic carbocycles. The third-order valence-electron chi connectivity index (χ3n) is 3.63. The van der Waals surface area contributed by atoms with Crippen LogP contribution in [0, 0.1) is 5.82 Å². The predicted octanol–water partition coefficient (Wildman–Crippen LogP) is 2.79. The average Bonchev–Trinajstić information content (AvgIpc) is 2.42. The van der Waals surface area contributed by atoms with Gasteiger partial charge in [-0.25, -0.2) is 4.39 Å². The molecule has 1 fully saturated rings. The third kappa shape index (κ3) is 3.79. The van der Waals surface area contributed by atoms with Crippen molar-refractivity contribution in [2.45, 2.75) is 38.8 Å². The van der Waals surface area contributed by atoms with Gasteiger partial charge in [0.2, 0.25) is 0 Å². The summed E-state index contributed by atoms with van der Waals surface area (Å²) in [5.41, 5.74) is 1.21. The smallest absolute Gasteiger partial charge is 0.123 e. The second kappa shape index (κ2) is 6.86. The van der Waals surface area contributed by atoms with Crippen molar-refractivity contribution in [3.63, 3.8) is 0 Å². The fourth-order valence-corrected chi connectivity index (χ4v) is 2.67. The standard InChI is InChI=1S/C15H23FN2/c1-2-11-18(15-7-9-17-10-8-15)12-13-3-5-14(16)6-4-13/h3-6,15,17H,2,7-12H2,1H3. The lowest BCUT2D eigenvalue weighted by Crippen LogP contribution is -2.43. The van der Waals surface area contributed by atoms with E-state index in [0.29, 0.717) is 6.04 Å². The Kier molecular flexibility index (Phi) is 5.14. The fourth-order valence-electron chi connectivity index (χ4n) is 2.67. The second-order valence-corrected chi connectivity index (χ2v) is 5.08. The molecule has 0 aromatic heterocycles. The lowest BCUT2D eigenvalue weighted by molar-refractivity contribution is 0.154. The summed E-state index contributed by atoms with van der Waals surface area (Å²) in [5, 5.41) is 3.41.